The summed E-state index contributed by atoms with van der Waals surface area (Å²) in [6, 6.07) is 0.0651. The van der Waals surface area contributed by atoms with Gasteiger partial charge in [0, 0.05) is 24.0 Å². The van der Waals surface area contributed by atoms with E-state index in [1.165, 1.54) is 7.11 Å². The van der Waals surface area contributed by atoms with E-state index in [-0.39, 0.29) is 42.4 Å². The van der Waals surface area contributed by atoms with Gasteiger partial charge in [-0.25, -0.2) is 0 Å². The maximum Gasteiger partial charge on any atom is 0.322 e. The van der Waals surface area contributed by atoms with Gasteiger partial charge in [0.15, 0.2) is 0 Å². The van der Waals surface area contributed by atoms with Gasteiger partial charge >= 0.3 is 5.97 Å². The summed E-state index contributed by atoms with van der Waals surface area (Å²) in [4.78, 5) is 27.1. The number of esters is 1. The fourth-order valence-electron chi connectivity index (χ4n) is 3.93. The van der Waals surface area contributed by atoms with Crippen molar-refractivity contribution in [2.75, 3.05) is 13.7 Å². The van der Waals surface area contributed by atoms with Gasteiger partial charge in [-0.3, -0.25) is 9.59 Å². The van der Waals surface area contributed by atoms with Crippen molar-refractivity contribution < 1.29 is 14.3 Å². The highest BCUT2D eigenvalue weighted by molar-refractivity contribution is 5.85. The number of ether oxygens (including phenoxy) is 1. The topological polar surface area (TPSA) is 58.6 Å². The van der Waals surface area contributed by atoms with Crippen molar-refractivity contribution in [3.8, 4) is 0 Å². The van der Waals surface area contributed by atoms with Crippen LogP contribution in [0.5, 0.6) is 0 Å². The van der Waals surface area contributed by atoms with Gasteiger partial charge in [-0.1, -0.05) is 34.6 Å². The van der Waals surface area contributed by atoms with Crippen molar-refractivity contribution in [1.29, 1.82) is 0 Å². The molecular weight excluding hydrogens is 340 g/mol. The first-order chi connectivity index (χ1) is 11.0. The highest BCUT2D eigenvalue weighted by atomic mass is 35.5. The molecular formula is C19H35ClN2O3. The Hall–Kier alpha value is -0.810. The molecule has 25 heavy (non-hydrogen) atoms. The van der Waals surface area contributed by atoms with E-state index in [0.29, 0.717) is 18.4 Å². The van der Waals surface area contributed by atoms with Crippen LogP contribution in [-0.4, -0.2) is 48.6 Å². The second kappa shape index (κ2) is 8.26. The Kier molecular flexibility index (Phi) is 7.34. The predicted octanol–water partition coefficient (Wildman–Crippen LogP) is 3.16. The smallest absolute Gasteiger partial charge is 0.322 e. The van der Waals surface area contributed by atoms with Crippen molar-refractivity contribution in [3.05, 3.63) is 0 Å². The molecule has 146 valence electrons. The summed E-state index contributed by atoms with van der Waals surface area (Å²) in [5, 5.41) is 3.23. The van der Waals surface area contributed by atoms with Gasteiger partial charge in [0.1, 0.15) is 6.04 Å². The molecule has 6 heteroatoms. The molecule has 1 saturated carbocycles. The van der Waals surface area contributed by atoms with Gasteiger partial charge in [0.2, 0.25) is 5.91 Å². The number of methoxy groups -OCH3 is 1. The summed E-state index contributed by atoms with van der Waals surface area (Å²) < 4.78 is 4.86. The first-order valence-electron chi connectivity index (χ1n) is 9.19. The van der Waals surface area contributed by atoms with Crippen molar-refractivity contribution in [2.24, 2.45) is 10.8 Å². The lowest BCUT2D eigenvalue weighted by Gasteiger charge is -2.44. The fraction of sp³-hybridized carbons (Fsp3) is 0.895. The molecule has 2 rings (SSSR count). The van der Waals surface area contributed by atoms with Gasteiger partial charge in [-0.2, -0.15) is 0 Å². The number of carbonyl (C=O) groups excluding carboxylic acids is 2. The van der Waals surface area contributed by atoms with Crippen LogP contribution in [0, 0.1) is 10.8 Å². The van der Waals surface area contributed by atoms with E-state index in [4.69, 9.17) is 4.74 Å². The fourth-order valence-corrected chi connectivity index (χ4v) is 3.93. The monoisotopic (exact) mass is 374 g/mol. The Morgan fingerprint density at radius 1 is 1.12 bits per heavy atom. The van der Waals surface area contributed by atoms with Gasteiger partial charge in [-0.15, -0.1) is 12.4 Å². The van der Waals surface area contributed by atoms with E-state index in [9.17, 15) is 9.59 Å². The van der Waals surface area contributed by atoms with Crippen LogP contribution in [0.3, 0.4) is 0 Å². The van der Waals surface area contributed by atoms with E-state index in [1.54, 1.807) is 0 Å². The molecule has 1 N–H and O–H groups in total. The Balaban J connectivity index is 0.00000312. The van der Waals surface area contributed by atoms with E-state index < -0.39 is 5.41 Å². The van der Waals surface area contributed by atoms with Crippen LogP contribution in [0.4, 0.5) is 0 Å². The van der Waals surface area contributed by atoms with Crippen LogP contribution in [-0.2, 0) is 14.3 Å². The number of halogens is 1. The number of nitrogens with one attached hydrogen (secondary N) is 1. The first kappa shape index (κ1) is 22.2. The second-order valence-corrected chi connectivity index (χ2v) is 9.23. The number of carbonyl (C=O) groups is 2. The standard InChI is InChI=1S/C19H34N2O3.ClH/c1-18(2,3)17(23)21(13-7-9-19(4,5)10-8-13)14-11-15(20-12-14)16(22)24-6;/h13-15,20H,7-12H2,1-6H3;1H/t14-,15-;/m0./s1. The van der Waals surface area contributed by atoms with Gasteiger partial charge in [-0.05, 0) is 37.5 Å². The normalized spacial score (nSPS) is 26.6. The molecule has 2 fully saturated rings. The molecule has 2 atom stereocenters. The van der Waals surface area contributed by atoms with Gasteiger partial charge in [0.25, 0.3) is 0 Å². The molecule has 0 spiro atoms. The summed E-state index contributed by atoms with van der Waals surface area (Å²) >= 11 is 0. The summed E-state index contributed by atoms with van der Waals surface area (Å²) in [5.41, 5.74) is -0.0360. The Morgan fingerprint density at radius 2 is 1.68 bits per heavy atom. The molecule has 0 aromatic heterocycles. The van der Waals surface area contributed by atoms with Crippen LogP contribution in [0.2, 0.25) is 0 Å². The van der Waals surface area contributed by atoms with Crippen LogP contribution in [0.15, 0.2) is 0 Å². The summed E-state index contributed by atoms with van der Waals surface area (Å²) in [5.74, 6) is -0.0324. The molecule has 1 aliphatic carbocycles. The maximum atomic E-state index is 13.1. The highest BCUT2D eigenvalue weighted by Gasteiger charge is 2.43. The zero-order valence-electron chi connectivity index (χ0n) is 16.6. The highest BCUT2D eigenvalue weighted by Crippen LogP contribution is 2.39. The Morgan fingerprint density at radius 3 is 2.16 bits per heavy atom. The van der Waals surface area contributed by atoms with Gasteiger partial charge in [0.05, 0.1) is 7.11 Å². The zero-order chi connectivity index (χ0) is 18.1. The van der Waals surface area contributed by atoms with Crippen LogP contribution < -0.4 is 5.32 Å². The van der Waals surface area contributed by atoms with Crippen LogP contribution in [0.25, 0.3) is 0 Å². The molecule has 1 amide bonds. The molecule has 5 nitrogen and oxygen atoms in total. The van der Waals surface area contributed by atoms with Crippen molar-refractivity contribution in [2.45, 2.75) is 84.8 Å². The quantitative estimate of drug-likeness (QED) is 0.771. The third kappa shape index (κ3) is 5.33. The predicted molar refractivity (Wildman–Crippen MR) is 102 cm³/mol. The van der Waals surface area contributed by atoms with Crippen LogP contribution in [0.1, 0.15) is 66.7 Å². The minimum atomic E-state index is -0.406. The average Bonchev–Trinajstić information content (AvgIpc) is 2.97. The lowest BCUT2D eigenvalue weighted by molar-refractivity contribution is -0.147. The number of rotatable bonds is 3. The third-order valence-corrected chi connectivity index (χ3v) is 5.56. The molecule has 0 unspecified atom stereocenters. The number of nitrogens with zero attached hydrogens (tertiary/aromatic N) is 1. The molecule has 1 aliphatic heterocycles. The molecule has 2 aliphatic rings. The Bertz CT molecular complexity index is 478. The lowest BCUT2D eigenvalue weighted by atomic mass is 9.74. The maximum absolute atomic E-state index is 13.1. The van der Waals surface area contributed by atoms with Crippen molar-refractivity contribution in [1.82, 2.24) is 10.2 Å². The Labute approximate surface area is 158 Å². The molecule has 1 heterocycles. The van der Waals surface area contributed by atoms with Crippen LogP contribution >= 0.6 is 12.4 Å². The molecule has 0 radical (unpaired) electrons. The minimum absolute atomic E-state index is 0. The first-order valence-corrected chi connectivity index (χ1v) is 9.19. The van der Waals surface area contributed by atoms with E-state index >= 15 is 0 Å². The SMILES string of the molecule is COC(=O)[C@@H]1C[C@H](N(C(=O)C(C)(C)C)C2CCC(C)(C)CC2)CN1.Cl. The third-order valence-electron chi connectivity index (χ3n) is 5.56. The zero-order valence-corrected chi connectivity index (χ0v) is 17.4. The average molecular weight is 375 g/mol. The molecule has 1 saturated heterocycles. The number of hydrogen-bond donors (Lipinski definition) is 1. The molecule has 0 bridgehead atoms. The van der Waals surface area contributed by atoms with Crippen molar-refractivity contribution >= 4 is 24.3 Å². The molecule has 0 aromatic carbocycles. The summed E-state index contributed by atoms with van der Waals surface area (Å²) in [6.07, 6.45) is 5.04. The minimum Gasteiger partial charge on any atom is -0.468 e. The second-order valence-electron chi connectivity index (χ2n) is 9.23. The molecule has 0 aromatic rings. The van der Waals surface area contributed by atoms with E-state index in [1.807, 2.05) is 20.8 Å². The van der Waals surface area contributed by atoms with Gasteiger partial charge < -0.3 is 15.0 Å². The number of hydrogen-bond acceptors (Lipinski definition) is 4. The van der Waals surface area contributed by atoms with Crippen molar-refractivity contribution in [3.63, 3.8) is 0 Å². The summed E-state index contributed by atoms with van der Waals surface area (Å²) in [7, 11) is 1.42. The summed E-state index contributed by atoms with van der Waals surface area (Å²) in [6.45, 7) is 11.2. The lowest BCUT2D eigenvalue weighted by Crippen LogP contribution is -2.53. The van der Waals surface area contributed by atoms with E-state index in [0.717, 1.165) is 25.7 Å². The number of amides is 1. The van der Waals surface area contributed by atoms with E-state index in [2.05, 4.69) is 24.1 Å². The largest absolute Gasteiger partial charge is 0.468 e.